The van der Waals surface area contributed by atoms with Crippen LogP contribution in [0.3, 0.4) is 0 Å². The summed E-state index contributed by atoms with van der Waals surface area (Å²) in [6, 6.07) is 26.6. The third kappa shape index (κ3) is 7.23. The number of nitrogens with one attached hydrogen (secondary N) is 2. The van der Waals surface area contributed by atoms with Gasteiger partial charge in [-0.1, -0.05) is 42.5 Å². The monoisotopic (exact) mass is 560 g/mol. The summed E-state index contributed by atoms with van der Waals surface area (Å²) in [5.41, 5.74) is 4.29. The van der Waals surface area contributed by atoms with Crippen molar-refractivity contribution in [2.24, 2.45) is 5.10 Å². The van der Waals surface area contributed by atoms with Crippen molar-refractivity contribution in [1.29, 1.82) is 0 Å². The number of ether oxygens (including phenoxy) is 1. The van der Waals surface area contributed by atoms with E-state index in [0.717, 1.165) is 23.3 Å². The number of aromatic nitrogens is 1. The van der Waals surface area contributed by atoms with Crippen LogP contribution in [0.4, 0.5) is 24.0 Å². The van der Waals surface area contributed by atoms with Gasteiger partial charge in [-0.25, -0.2) is 10.4 Å². The minimum Gasteiger partial charge on any atom is -0.489 e. The van der Waals surface area contributed by atoms with Crippen molar-refractivity contribution in [2.45, 2.75) is 19.2 Å². The lowest BCUT2D eigenvalue weighted by Gasteiger charge is -2.08. The summed E-state index contributed by atoms with van der Waals surface area (Å²) in [6.07, 6.45) is -2.94. The molecule has 2 N–H and O–H groups in total. The van der Waals surface area contributed by atoms with Gasteiger partial charge in [0.05, 0.1) is 23.9 Å². The Bertz CT molecular complexity index is 1650. The summed E-state index contributed by atoms with van der Waals surface area (Å²) in [5.74, 6) is 0.343. The maximum Gasteiger partial charge on any atom is 0.416 e. The molecule has 10 heteroatoms. The SMILES string of the molecule is O=C(Cc1csc(Nc2cccc(C(F)(F)F)c2)n1)N/N=C\c1ccc(OCc2ccc3ccccc3c2)cc1. The van der Waals surface area contributed by atoms with Crippen LogP contribution in [-0.2, 0) is 24.0 Å². The zero-order chi connectivity index (χ0) is 28.0. The number of amides is 1. The number of carbonyl (C=O) groups excluding carboxylic acids is 1. The van der Waals surface area contributed by atoms with Gasteiger partial charge >= 0.3 is 6.18 Å². The molecule has 0 bridgehead atoms. The van der Waals surface area contributed by atoms with Crippen LogP contribution in [0.15, 0.2) is 101 Å². The maximum absolute atomic E-state index is 12.9. The molecule has 0 fully saturated rings. The highest BCUT2D eigenvalue weighted by Gasteiger charge is 2.30. The Morgan fingerprint density at radius 2 is 1.75 bits per heavy atom. The molecule has 5 rings (SSSR count). The third-order valence-corrected chi connectivity index (χ3v) is 6.64. The predicted octanol–water partition coefficient (Wildman–Crippen LogP) is 7.33. The fraction of sp³-hybridized carbons (Fsp3) is 0.100. The van der Waals surface area contributed by atoms with E-state index in [0.29, 0.717) is 23.2 Å². The van der Waals surface area contributed by atoms with E-state index in [-0.39, 0.29) is 18.0 Å². The highest BCUT2D eigenvalue weighted by atomic mass is 32.1. The summed E-state index contributed by atoms with van der Waals surface area (Å²) in [4.78, 5) is 16.5. The van der Waals surface area contributed by atoms with Gasteiger partial charge in [-0.2, -0.15) is 18.3 Å². The molecule has 202 valence electrons. The average Bonchev–Trinajstić information content (AvgIpc) is 3.38. The zero-order valence-corrected chi connectivity index (χ0v) is 21.8. The number of nitrogens with zero attached hydrogens (tertiary/aromatic N) is 2. The van der Waals surface area contributed by atoms with Gasteiger partial charge < -0.3 is 10.1 Å². The molecule has 0 saturated heterocycles. The van der Waals surface area contributed by atoms with Gasteiger partial charge in [-0.15, -0.1) is 11.3 Å². The number of rotatable bonds is 9. The average molecular weight is 561 g/mol. The maximum atomic E-state index is 12.9. The van der Waals surface area contributed by atoms with Crippen molar-refractivity contribution >= 4 is 45.0 Å². The number of fused-ring (bicyclic) bond motifs is 1. The minimum atomic E-state index is -4.43. The fourth-order valence-electron chi connectivity index (χ4n) is 3.87. The molecule has 0 radical (unpaired) electrons. The Hall–Kier alpha value is -4.70. The van der Waals surface area contributed by atoms with Crippen LogP contribution in [0.1, 0.15) is 22.4 Å². The van der Waals surface area contributed by atoms with Gasteiger partial charge in [0.25, 0.3) is 0 Å². The molecule has 0 aliphatic heterocycles. The van der Waals surface area contributed by atoms with Crippen LogP contribution < -0.4 is 15.5 Å². The first kappa shape index (κ1) is 26.9. The second kappa shape index (κ2) is 12.0. The van der Waals surface area contributed by atoms with Gasteiger partial charge in [0.1, 0.15) is 12.4 Å². The van der Waals surface area contributed by atoms with E-state index in [1.807, 2.05) is 42.5 Å². The van der Waals surface area contributed by atoms with Crippen LogP contribution in [-0.4, -0.2) is 17.1 Å². The Labute approximate surface area is 232 Å². The second-order valence-corrected chi connectivity index (χ2v) is 9.71. The van der Waals surface area contributed by atoms with Crippen LogP contribution >= 0.6 is 11.3 Å². The quantitative estimate of drug-likeness (QED) is 0.146. The lowest BCUT2D eigenvalue weighted by molar-refractivity contribution is -0.137. The number of alkyl halides is 3. The van der Waals surface area contributed by atoms with Crippen LogP contribution in [0, 0.1) is 0 Å². The summed E-state index contributed by atoms with van der Waals surface area (Å²) in [6.45, 7) is 0.447. The molecule has 0 aliphatic carbocycles. The predicted molar refractivity (Wildman–Crippen MR) is 151 cm³/mol. The first-order chi connectivity index (χ1) is 19.3. The molecular weight excluding hydrogens is 537 g/mol. The molecule has 1 heterocycles. The van der Waals surface area contributed by atoms with E-state index >= 15 is 0 Å². The van der Waals surface area contributed by atoms with E-state index < -0.39 is 11.7 Å². The summed E-state index contributed by atoms with van der Waals surface area (Å²) in [5, 5.41) is 11.2. The lowest BCUT2D eigenvalue weighted by Crippen LogP contribution is -2.19. The van der Waals surface area contributed by atoms with E-state index in [9.17, 15) is 18.0 Å². The molecule has 0 aliphatic rings. The molecule has 0 atom stereocenters. The molecule has 0 unspecified atom stereocenters. The Kier molecular flexibility index (Phi) is 8.07. The first-order valence-corrected chi connectivity index (χ1v) is 13.1. The van der Waals surface area contributed by atoms with Gasteiger partial charge in [0, 0.05) is 11.1 Å². The number of hydrazone groups is 1. The molecule has 4 aromatic carbocycles. The van der Waals surface area contributed by atoms with Crippen molar-refractivity contribution in [3.63, 3.8) is 0 Å². The lowest BCUT2D eigenvalue weighted by atomic mass is 10.1. The van der Waals surface area contributed by atoms with Crippen molar-refractivity contribution in [2.75, 3.05) is 5.32 Å². The van der Waals surface area contributed by atoms with E-state index in [1.165, 1.54) is 40.5 Å². The zero-order valence-electron chi connectivity index (χ0n) is 21.0. The first-order valence-electron chi connectivity index (χ1n) is 12.2. The third-order valence-electron chi connectivity index (χ3n) is 5.84. The van der Waals surface area contributed by atoms with Crippen molar-refractivity contribution in [3.05, 3.63) is 119 Å². The number of hydrogen-bond donors (Lipinski definition) is 2. The normalized spacial score (nSPS) is 11.6. The standard InChI is InChI=1S/C30H23F3N4O2S/c31-30(32,33)24-6-3-7-25(15-24)35-29-36-26(19-40-29)16-28(38)37-34-17-20-9-12-27(13-10-20)39-18-21-8-11-22-4-1-2-5-23(22)14-21/h1-15,17,19H,16,18H2,(H,35,36)(H,37,38)/b34-17-. The Morgan fingerprint density at radius 3 is 2.55 bits per heavy atom. The molecule has 6 nitrogen and oxygen atoms in total. The molecular formula is C30H23F3N4O2S. The van der Waals surface area contributed by atoms with Crippen molar-refractivity contribution < 1.29 is 22.7 Å². The summed E-state index contributed by atoms with van der Waals surface area (Å²) >= 11 is 1.19. The van der Waals surface area contributed by atoms with Crippen LogP contribution in [0.5, 0.6) is 5.75 Å². The highest BCUT2D eigenvalue weighted by Crippen LogP contribution is 2.32. The van der Waals surface area contributed by atoms with Gasteiger partial charge in [-0.05, 0) is 70.4 Å². The molecule has 1 amide bonds. The number of anilines is 2. The molecule has 40 heavy (non-hydrogen) atoms. The Balaban J connectivity index is 1.08. The summed E-state index contributed by atoms with van der Waals surface area (Å²) in [7, 11) is 0. The number of hydrogen-bond acceptors (Lipinski definition) is 6. The smallest absolute Gasteiger partial charge is 0.416 e. The van der Waals surface area contributed by atoms with Gasteiger partial charge in [0.2, 0.25) is 5.91 Å². The van der Waals surface area contributed by atoms with Gasteiger partial charge in [-0.3, -0.25) is 4.79 Å². The molecule has 5 aromatic rings. The fourth-order valence-corrected chi connectivity index (χ4v) is 4.60. The topological polar surface area (TPSA) is 75.6 Å². The number of benzene rings is 4. The van der Waals surface area contributed by atoms with Crippen LogP contribution in [0.25, 0.3) is 10.8 Å². The van der Waals surface area contributed by atoms with Crippen molar-refractivity contribution in [3.8, 4) is 5.75 Å². The number of halogens is 3. The van der Waals surface area contributed by atoms with E-state index in [2.05, 4.69) is 45.1 Å². The van der Waals surface area contributed by atoms with Crippen molar-refractivity contribution in [1.82, 2.24) is 10.4 Å². The van der Waals surface area contributed by atoms with Crippen LogP contribution in [0.2, 0.25) is 0 Å². The van der Waals surface area contributed by atoms with Gasteiger partial charge in [0.15, 0.2) is 5.13 Å². The van der Waals surface area contributed by atoms with E-state index in [4.69, 9.17) is 4.74 Å². The minimum absolute atomic E-state index is 0.0281. The second-order valence-electron chi connectivity index (χ2n) is 8.86. The summed E-state index contributed by atoms with van der Waals surface area (Å²) < 4.78 is 44.6. The number of thiazole rings is 1. The largest absolute Gasteiger partial charge is 0.489 e. The highest BCUT2D eigenvalue weighted by molar-refractivity contribution is 7.13. The molecule has 0 saturated carbocycles. The molecule has 0 spiro atoms. The number of carbonyl (C=O) groups is 1. The Morgan fingerprint density at radius 1 is 0.950 bits per heavy atom. The van der Waals surface area contributed by atoms with E-state index in [1.54, 1.807) is 5.38 Å². The molecule has 1 aromatic heterocycles.